The van der Waals surface area contributed by atoms with Crippen LogP contribution in [0.1, 0.15) is 97.8 Å². The Kier molecular flexibility index (Phi) is 7.39. The number of hydrogen-bond donors (Lipinski definition) is 1. The third-order valence-corrected chi connectivity index (χ3v) is 12.4. The molecule has 216 valence electrons. The van der Waals surface area contributed by atoms with E-state index < -0.39 is 0 Å². The van der Waals surface area contributed by atoms with Crippen molar-refractivity contribution in [3.05, 3.63) is 24.0 Å². The van der Waals surface area contributed by atoms with Gasteiger partial charge in [-0.25, -0.2) is 0 Å². The highest BCUT2D eigenvalue weighted by atomic mass is 16.5. The molecule has 1 aliphatic heterocycles. The molecule has 1 saturated heterocycles. The normalized spacial score (nSPS) is 40.7. The van der Waals surface area contributed by atoms with Crippen molar-refractivity contribution in [1.29, 1.82) is 0 Å². The molecule has 4 aliphatic carbocycles. The van der Waals surface area contributed by atoms with Gasteiger partial charge in [0.15, 0.2) is 5.75 Å². The minimum atomic E-state index is -0.126. The van der Waals surface area contributed by atoms with E-state index in [0.29, 0.717) is 35.6 Å². The summed E-state index contributed by atoms with van der Waals surface area (Å²) in [6.07, 6.45) is 19.4. The zero-order chi connectivity index (χ0) is 27.4. The number of aromatic nitrogens is 2. The standard InChI is InChI=1S/C33H51N3O3/c1-22(7-12-31(38)36-17-5-6-25(21-36)39-26-19-34-35(4)20-26)28-10-11-29-27-9-8-23-18-24(37)13-15-32(23,2)30(27)14-16-33(28,29)3/h8,19-20,22,24-25,27-30,37H,5-7,9-18,21H2,1-4H3/t22-,24+,25-,27+,28-,29+,30+,32+,33-/m1/s1. The number of amides is 1. The molecule has 1 N–H and O–H groups in total. The van der Waals surface area contributed by atoms with Gasteiger partial charge in [-0.05, 0) is 111 Å². The van der Waals surface area contributed by atoms with Gasteiger partial charge in [0.1, 0.15) is 6.10 Å². The summed E-state index contributed by atoms with van der Waals surface area (Å²) in [4.78, 5) is 15.3. The fourth-order valence-electron chi connectivity index (χ4n) is 10.2. The number of allylic oxidation sites excluding steroid dienone is 1. The molecule has 0 bridgehead atoms. The number of hydrogen-bond acceptors (Lipinski definition) is 4. The van der Waals surface area contributed by atoms with E-state index in [9.17, 15) is 9.90 Å². The molecular formula is C33H51N3O3. The summed E-state index contributed by atoms with van der Waals surface area (Å²) in [6, 6.07) is 0. The third-order valence-electron chi connectivity index (χ3n) is 12.4. The van der Waals surface area contributed by atoms with Crippen LogP contribution in [0.4, 0.5) is 0 Å². The van der Waals surface area contributed by atoms with Crippen molar-refractivity contribution in [2.45, 2.75) is 110 Å². The Morgan fingerprint density at radius 2 is 2.03 bits per heavy atom. The third kappa shape index (κ3) is 4.97. The summed E-state index contributed by atoms with van der Waals surface area (Å²) >= 11 is 0. The summed E-state index contributed by atoms with van der Waals surface area (Å²) in [5, 5.41) is 14.5. The molecule has 4 fully saturated rings. The minimum absolute atomic E-state index is 0.0633. The second-order valence-corrected chi connectivity index (χ2v) is 14.5. The molecule has 0 unspecified atom stereocenters. The maximum atomic E-state index is 13.3. The zero-order valence-electron chi connectivity index (χ0n) is 24.8. The van der Waals surface area contributed by atoms with Crippen LogP contribution in [0.25, 0.3) is 0 Å². The minimum Gasteiger partial charge on any atom is -0.485 e. The number of aliphatic hydroxyl groups excluding tert-OH is 1. The van der Waals surface area contributed by atoms with E-state index in [1.165, 1.54) is 32.1 Å². The molecule has 6 rings (SSSR count). The second kappa shape index (κ2) is 10.5. The molecule has 1 aromatic rings. The molecule has 3 saturated carbocycles. The van der Waals surface area contributed by atoms with Crippen LogP contribution in [0.5, 0.6) is 5.75 Å². The summed E-state index contributed by atoms with van der Waals surface area (Å²) in [6.45, 7) is 9.13. The highest BCUT2D eigenvalue weighted by molar-refractivity contribution is 5.76. The quantitative estimate of drug-likeness (QED) is 0.442. The lowest BCUT2D eigenvalue weighted by atomic mass is 9.47. The molecule has 1 aromatic heterocycles. The number of aryl methyl sites for hydroxylation is 1. The van der Waals surface area contributed by atoms with Gasteiger partial charge in [-0.3, -0.25) is 9.48 Å². The van der Waals surface area contributed by atoms with Crippen LogP contribution in [-0.2, 0) is 11.8 Å². The largest absolute Gasteiger partial charge is 0.485 e. The van der Waals surface area contributed by atoms with E-state index in [-0.39, 0.29) is 12.2 Å². The number of nitrogens with zero attached hydrogens (tertiary/aromatic N) is 3. The fraction of sp³-hybridized carbons (Fsp3) is 0.818. The molecule has 0 radical (unpaired) electrons. The number of carbonyl (C=O) groups is 1. The molecule has 1 amide bonds. The Hall–Kier alpha value is -1.82. The molecule has 6 heteroatoms. The summed E-state index contributed by atoms with van der Waals surface area (Å²) in [5.74, 6) is 4.82. The topological polar surface area (TPSA) is 67.6 Å². The Balaban J connectivity index is 1.05. The Bertz CT molecular complexity index is 1080. The first-order valence-corrected chi connectivity index (χ1v) is 16.0. The van der Waals surface area contributed by atoms with Crippen molar-refractivity contribution in [3.63, 3.8) is 0 Å². The molecule has 0 spiro atoms. The number of rotatable bonds is 6. The summed E-state index contributed by atoms with van der Waals surface area (Å²) in [7, 11) is 1.90. The fourth-order valence-corrected chi connectivity index (χ4v) is 10.2. The van der Waals surface area contributed by atoms with E-state index in [1.807, 2.05) is 13.2 Å². The van der Waals surface area contributed by atoms with Crippen LogP contribution in [-0.4, -0.2) is 51.0 Å². The highest BCUT2D eigenvalue weighted by Gasteiger charge is 2.59. The predicted octanol–water partition coefficient (Wildman–Crippen LogP) is 6.15. The molecule has 2 heterocycles. The zero-order valence-corrected chi connectivity index (χ0v) is 24.8. The highest BCUT2D eigenvalue weighted by Crippen LogP contribution is 2.67. The number of ether oxygens (including phenoxy) is 1. The van der Waals surface area contributed by atoms with Gasteiger partial charge < -0.3 is 14.7 Å². The van der Waals surface area contributed by atoms with Gasteiger partial charge in [-0.15, -0.1) is 0 Å². The number of carbonyl (C=O) groups excluding carboxylic acids is 1. The van der Waals surface area contributed by atoms with Crippen molar-refractivity contribution in [2.75, 3.05) is 13.1 Å². The van der Waals surface area contributed by atoms with Crippen LogP contribution in [0.2, 0.25) is 0 Å². The Morgan fingerprint density at radius 3 is 2.82 bits per heavy atom. The van der Waals surface area contributed by atoms with Gasteiger partial charge in [0.2, 0.25) is 5.91 Å². The molecule has 39 heavy (non-hydrogen) atoms. The maximum Gasteiger partial charge on any atom is 0.222 e. The van der Waals surface area contributed by atoms with Crippen molar-refractivity contribution in [1.82, 2.24) is 14.7 Å². The lowest BCUT2D eigenvalue weighted by Gasteiger charge is -2.58. The monoisotopic (exact) mass is 537 g/mol. The second-order valence-electron chi connectivity index (χ2n) is 14.5. The van der Waals surface area contributed by atoms with Gasteiger partial charge >= 0.3 is 0 Å². The lowest BCUT2D eigenvalue weighted by Crippen LogP contribution is -2.50. The first-order valence-electron chi connectivity index (χ1n) is 16.0. The molecule has 9 atom stereocenters. The van der Waals surface area contributed by atoms with Crippen LogP contribution in [0, 0.1) is 40.4 Å². The maximum absolute atomic E-state index is 13.3. The van der Waals surface area contributed by atoms with Gasteiger partial charge in [0, 0.05) is 20.0 Å². The van der Waals surface area contributed by atoms with E-state index in [1.54, 1.807) is 16.5 Å². The van der Waals surface area contributed by atoms with Crippen LogP contribution < -0.4 is 4.74 Å². The molecule has 0 aromatic carbocycles. The van der Waals surface area contributed by atoms with Gasteiger partial charge in [-0.1, -0.05) is 32.4 Å². The Morgan fingerprint density at radius 1 is 1.18 bits per heavy atom. The average molecular weight is 538 g/mol. The van der Waals surface area contributed by atoms with Gasteiger partial charge in [-0.2, -0.15) is 5.10 Å². The summed E-state index contributed by atoms with van der Waals surface area (Å²) in [5.41, 5.74) is 2.29. The molecular weight excluding hydrogens is 486 g/mol. The van der Waals surface area contributed by atoms with Crippen LogP contribution in [0.15, 0.2) is 24.0 Å². The SMILES string of the molecule is C[C@H](CCC(=O)N1CCC[C@@H](Oc2cnn(C)c2)C1)[C@H]1CC[C@H]2[C@@H]3CC=C4C[C@@H](O)CC[C@]4(C)[C@H]3CC[C@]12C. The van der Waals surface area contributed by atoms with Crippen LogP contribution in [0.3, 0.4) is 0 Å². The number of piperidine rings is 1. The van der Waals surface area contributed by atoms with E-state index in [0.717, 1.165) is 74.5 Å². The average Bonchev–Trinajstić information content (AvgIpc) is 3.49. The van der Waals surface area contributed by atoms with E-state index in [4.69, 9.17) is 4.74 Å². The van der Waals surface area contributed by atoms with Crippen molar-refractivity contribution < 1.29 is 14.6 Å². The summed E-state index contributed by atoms with van der Waals surface area (Å²) < 4.78 is 7.89. The predicted molar refractivity (Wildman–Crippen MR) is 153 cm³/mol. The van der Waals surface area contributed by atoms with Crippen molar-refractivity contribution in [3.8, 4) is 5.75 Å². The van der Waals surface area contributed by atoms with E-state index >= 15 is 0 Å². The first kappa shape index (κ1) is 27.4. The number of fused-ring (bicyclic) bond motifs is 5. The lowest BCUT2D eigenvalue weighted by molar-refractivity contribution is -0.134. The van der Waals surface area contributed by atoms with Crippen molar-refractivity contribution >= 4 is 5.91 Å². The van der Waals surface area contributed by atoms with Crippen molar-refractivity contribution in [2.24, 2.45) is 47.5 Å². The van der Waals surface area contributed by atoms with Gasteiger partial charge in [0.25, 0.3) is 0 Å². The molecule has 6 nitrogen and oxygen atoms in total. The van der Waals surface area contributed by atoms with Gasteiger partial charge in [0.05, 0.1) is 25.0 Å². The first-order chi connectivity index (χ1) is 18.7. The Labute approximate surface area is 235 Å². The smallest absolute Gasteiger partial charge is 0.222 e. The van der Waals surface area contributed by atoms with Crippen LogP contribution >= 0.6 is 0 Å². The number of likely N-dealkylation sites (tertiary alicyclic amines) is 1. The van der Waals surface area contributed by atoms with E-state index in [2.05, 4.69) is 36.8 Å². The molecule has 5 aliphatic rings. The number of aliphatic hydroxyl groups is 1.